The zero-order chi connectivity index (χ0) is 17.1. The van der Waals surface area contributed by atoms with E-state index < -0.39 is 0 Å². The summed E-state index contributed by atoms with van der Waals surface area (Å²) in [6.45, 7) is 5.91. The van der Waals surface area contributed by atoms with Crippen LogP contribution < -0.4 is 4.90 Å². The maximum atomic E-state index is 10.3. The summed E-state index contributed by atoms with van der Waals surface area (Å²) in [7, 11) is 0. The number of aromatic nitrogens is 2. The second-order valence-corrected chi connectivity index (χ2v) is 6.06. The SMILES string of the molecule is CCc1cc(C)c(-c2ccc(N3CCO[C@H](CO)C3)nn2)c(O)c1. The van der Waals surface area contributed by atoms with Gasteiger partial charge in [0.25, 0.3) is 0 Å². The molecule has 1 aromatic heterocycles. The van der Waals surface area contributed by atoms with Crippen LogP contribution in [0.25, 0.3) is 11.3 Å². The number of nitrogens with zero attached hydrogens (tertiary/aromatic N) is 3. The molecule has 2 heterocycles. The first-order valence-electron chi connectivity index (χ1n) is 8.26. The van der Waals surface area contributed by atoms with Crippen LogP contribution in [0.4, 0.5) is 5.82 Å². The van der Waals surface area contributed by atoms with Gasteiger partial charge in [0.1, 0.15) is 5.75 Å². The van der Waals surface area contributed by atoms with Crippen molar-refractivity contribution < 1.29 is 14.9 Å². The van der Waals surface area contributed by atoms with Crippen molar-refractivity contribution in [2.24, 2.45) is 0 Å². The van der Waals surface area contributed by atoms with Gasteiger partial charge in [0.05, 0.1) is 25.0 Å². The van der Waals surface area contributed by atoms with E-state index in [0.29, 0.717) is 18.8 Å². The van der Waals surface area contributed by atoms with E-state index in [0.717, 1.165) is 35.5 Å². The number of aryl methyl sites for hydroxylation is 2. The molecule has 1 atom stereocenters. The van der Waals surface area contributed by atoms with Gasteiger partial charge < -0.3 is 19.8 Å². The molecule has 1 saturated heterocycles. The standard InChI is InChI=1S/C18H23N3O3/c1-3-13-8-12(2)18(16(23)9-13)15-4-5-17(20-19-15)21-6-7-24-14(10-21)11-22/h4-5,8-9,14,22-23H,3,6-7,10-11H2,1-2H3/t14-/m0/s1. The van der Waals surface area contributed by atoms with Crippen molar-refractivity contribution >= 4 is 5.82 Å². The highest BCUT2D eigenvalue weighted by molar-refractivity contribution is 5.71. The Morgan fingerprint density at radius 3 is 2.75 bits per heavy atom. The Balaban J connectivity index is 1.85. The molecule has 6 nitrogen and oxygen atoms in total. The Morgan fingerprint density at radius 2 is 2.12 bits per heavy atom. The number of hydrogen-bond donors (Lipinski definition) is 2. The Bertz CT molecular complexity index is 680. The summed E-state index contributed by atoms with van der Waals surface area (Å²) in [5.74, 6) is 0.989. The van der Waals surface area contributed by atoms with Gasteiger partial charge in [-0.05, 0) is 42.7 Å². The smallest absolute Gasteiger partial charge is 0.151 e. The van der Waals surface area contributed by atoms with Gasteiger partial charge in [-0.25, -0.2) is 0 Å². The average Bonchev–Trinajstić information content (AvgIpc) is 2.61. The molecular weight excluding hydrogens is 306 g/mol. The van der Waals surface area contributed by atoms with Gasteiger partial charge in [-0.3, -0.25) is 0 Å². The summed E-state index contributed by atoms with van der Waals surface area (Å²) in [5.41, 5.74) is 3.46. The fourth-order valence-electron chi connectivity index (χ4n) is 3.04. The molecular formula is C18H23N3O3. The van der Waals surface area contributed by atoms with Crippen molar-refractivity contribution in [2.45, 2.75) is 26.4 Å². The molecule has 0 aliphatic carbocycles. The van der Waals surface area contributed by atoms with Crippen molar-refractivity contribution in [1.82, 2.24) is 10.2 Å². The molecule has 2 N–H and O–H groups in total. The maximum absolute atomic E-state index is 10.3. The Labute approximate surface area is 141 Å². The molecule has 0 spiro atoms. The molecule has 3 rings (SSSR count). The third-order valence-corrected chi connectivity index (χ3v) is 4.36. The van der Waals surface area contributed by atoms with Crippen LogP contribution >= 0.6 is 0 Å². The molecule has 0 unspecified atom stereocenters. The molecule has 0 amide bonds. The van der Waals surface area contributed by atoms with Crippen LogP contribution in [0.3, 0.4) is 0 Å². The summed E-state index contributed by atoms with van der Waals surface area (Å²) >= 11 is 0. The highest BCUT2D eigenvalue weighted by Crippen LogP contribution is 2.32. The zero-order valence-electron chi connectivity index (χ0n) is 14.1. The molecule has 2 aromatic rings. The van der Waals surface area contributed by atoms with Crippen molar-refractivity contribution in [1.29, 1.82) is 0 Å². The molecule has 128 valence electrons. The lowest BCUT2D eigenvalue weighted by atomic mass is 10.00. The number of hydrogen-bond acceptors (Lipinski definition) is 6. The van der Waals surface area contributed by atoms with Crippen molar-refractivity contribution in [3.63, 3.8) is 0 Å². The largest absolute Gasteiger partial charge is 0.507 e. The van der Waals surface area contributed by atoms with Gasteiger partial charge in [0, 0.05) is 18.7 Å². The number of aromatic hydroxyl groups is 1. The lowest BCUT2D eigenvalue weighted by Crippen LogP contribution is -2.44. The first-order valence-corrected chi connectivity index (χ1v) is 8.26. The minimum atomic E-state index is -0.187. The van der Waals surface area contributed by atoms with Gasteiger partial charge in [-0.1, -0.05) is 13.0 Å². The molecule has 1 aromatic carbocycles. The van der Waals surface area contributed by atoms with Crippen LogP contribution in [0.5, 0.6) is 5.75 Å². The molecule has 1 fully saturated rings. The molecule has 24 heavy (non-hydrogen) atoms. The fraction of sp³-hybridized carbons (Fsp3) is 0.444. The predicted octanol–water partition coefficient (Wildman–Crippen LogP) is 1.92. The van der Waals surface area contributed by atoms with Gasteiger partial charge in [-0.15, -0.1) is 10.2 Å². The van der Waals surface area contributed by atoms with E-state index >= 15 is 0 Å². The third kappa shape index (κ3) is 3.34. The quantitative estimate of drug-likeness (QED) is 0.892. The van der Waals surface area contributed by atoms with Crippen LogP contribution in [0.1, 0.15) is 18.1 Å². The molecule has 0 saturated carbocycles. The number of aliphatic hydroxyl groups excluding tert-OH is 1. The maximum Gasteiger partial charge on any atom is 0.151 e. The van der Waals surface area contributed by atoms with E-state index in [-0.39, 0.29) is 18.5 Å². The summed E-state index contributed by atoms with van der Waals surface area (Å²) in [4.78, 5) is 2.05. The van der Waals surface area contributed by atoms with E-state index in [9.17, 15) is 10.2 Å². The minimum absolute atomic E-state index is 0.00113. The zero-order valence-corrected chi connectivity index (χ0v) is 14.1. The van der Waals surface area contributed by atoms with Gasteiger partial charge in [0.2, 0.25) is 0 Å². The molecule has 1 aliphatic heterocycles. The first-order chi connectivity index (χ1) is 11.6. The number of morpholine rings is 1. The van der Waals surface area contributed by atoms with Gasteiger partial charge >= 0.3 is 0 Å². The summed E-state index contributed by atoms with van der Waals surface area (Å²) in [5, 5.41) is 28.2. The second kappa shape index (κ2) is 7.15. The van der Waals surface area contributed by atoms with Crippen LogP contribution in [-0.2, 0) is 11.2 Å². The van der Waals surface area contributed by atoms with Gasteiger partial charge in [-0.2, -0.15) is 0 Å². The number of phenolic OH excluding ortho intramolecular Hbond substituents is 1. The monoisotopic (exact) mass is 329 g/mol. The molecule has 0 radical (unpaired) electrons. The lowest BCUT2D eigenvalue weighted by molar-refractivity contribution is 0.00332. The topological polar surface area (TPSA) is 78.7 Å². The van der Waals surface area contributed by atoms with E-state index in [2.05, 4.69) is 23.2 Å². The second-order valence-electron chi connectivity index (χ2n) is 6.06. The third-order valence-electron chi connectivity index (χ3n) is 4.36. The number of anilines is 1. The molecule has 0 bridgehead atoms. The first kappa shape index (κ1) is 16.7. The van der Waals surface area contributed by atoms with E-state index in [1.165, 1.54) is 0 Å². The summed E-state index contributed by atoms with van der Waals surface area (Å²) in [6.07, 6.45) is 0.690. The van der Waals surface area contributed by atoms with Crippen molar-refractivity contribution in [3.05, 3.63) is 35.4 Å². The highest BCUT2D eigenvalue weighted by atomic mass is 16.5. The van der Waals surface area contributed by atoms with Crippen LogP contribution in [0.15, 0.2) is 24.3 Å². The Hall–Kier alpha value is -2.18. The number of rotatable bonds is 4. The Kier molecular flexibility index (Phi) is 4.97. The number of aliphatic hydroxyl groups is 1. The van der Waals surface area contributed by atoms with Crippen molar-refractivity contribution in [2.75, 3.05) is 31.2 Å². The van der Waals surface area contributed by atoms with Crippen LogP contribution in [0, 0.1) is 6.92 Å². The number of phenols is 1. The summed E-state index contributed by atoms with van der Waals surface area (Å²) < 4.78 is 5.45. The Morgan fingerprint density at radius 1 is 1.29 bits per heavy atom. The normalized spacial score (nSPS) is 18.0. The molecule has 6 heteroatoms. The predicted molar refractivity (Wildman–Crippen MR) is 92.3 cm³/mol. The number of benzene rings is 1. The van der Waals surface area contributed by atoms with Crippen LogP contribution in [0.2, 0.25) is 0 Å². The summed E-state index contributed by atoms with van der Waals surface area (Å²) in [6, 6.07) is 7.62. The fourth-order valence-corrected chi connectivity index (χ4v) is 3.04. The molecule has 1 aliphatic rings. The van der Waals surface area contributed by atoms with Gasteiger partial charge in [0.15, 0.2) is 5.82 Å². The van der Waals surface area contributed by atoms with E-state index in [1.807, 2.05) is 24.0 Å². The van der Waals surface area contributed by atoms with Crippen molar-refractivity contribution in [3.8, 4) is 17.0 Å². The average molecular weight is 329 g/mol. The number of ether oxygens (including phenoxy) is 1. The minimum Gasteiger partial charge on any atom is -0.507 e. The van der Waals surface area contributed by atoms with E-state index in [4.69, 9.17) is 4.74 Å². The lowest BCUT2D eigenvalue weighted by Gasteiger charge is -2.32. The van der Waals surface area contributed by atoms with E-state index in [1.54, 1.807) is 6.07 Å². The highest BCUT2D eigenvalue weighted by Gasteiger charge is 2.21. The van der Waals surface area contributed by atoms with Crippen LogP contribution in [-0.4, -0.2) is 52.8 Å².